The summed E-state index contributed by atoms with van der Waals surface area (Å²) in [6.45, 7) is 0. The summed E-state index contributed by atoms with van der Waals surface area (Å²) in [4.78, 5) is 35.1. The monoisotopic (exact) mass is 379 g/mol. The van der Waals surface area contributed by atoms with E-state index in [1.54, 1.807) is 24.3 Å². The Balaban J connectivity index is 1.63. The highest BCUT2D eigenvalue weighted by molar-refractivity contribution is 8.18. The van der Waals surface area contributed by atoms with Gasteiger partial charge in [-0.25, -0.2) is 0 Å². The van der Waals surface area contributed by atoms with Crippen LogP contribution in [-0.2, 0) is 9.59 Å². The van der Waals surface area contributed by atoms with Crippen LogP contribution >= 0.6 is 23.4 Å². The molecule has 2 aliphatic rings. The lowest BCUT2D eigenvalue weighted by Gasteiger charge is -2.20. The summed E-state index contributed by atoms with van der Waals surface area (Å²) in [5, 5.41) is 2.09. The molecule has 1 N–H and O–H groups in total. The average molecular weight is 380 g/mol. The van der Waals surface area contributed by atoms with E-state index < -0.39 is 11.1 Å². The number of carbonyl (C=O) groups excluding carboxylic acids is 3. The summed E-state index contributed by atoms with van der Waals surface area (Å²) >= 11 is 7.03. The molecule has 3 rings (SSSR count). The van der Waals surface area contributed by atoms with Gasteiger partial charge in [-0.15, -0.1) is 0 Å². The molecule has 5 nitrogen and oxygen atoms in total. The molecule has 0 spiro atoms. The molecule has 0 unspecified atom stereocenters. The van der Waals surface area contributed by atoms with Crippen LogP contribution in [0.15, 0.2) is 23.1 Å². The second kappa shape index (κ2) is 8.06. The van der Waals surface area contributed by atoms with Crippen molar-refractivity contribution in [3.63, 3.8) is 0 Å². The van der Waals surface area contributed by atoms with Gasteiger partial charge in [-0.05, 0) is 54.3 Å². The number of ether oxygens (including phenoxy) is 1. The van der Waals surface area contributed by atoms with Crippen molar-refractivity contribution in [3.05, 3.63) is 33.7 Å². The van der Waals surface area contributed by atoms with Crippen molar-refractivity contribution in [2.75, 3.05) is 0 Å². The molecule has 1 saturated heterocycles. The SMILES string of the molecule is O=C(CC1CCCCC1)Oc1ccc(C=C2SC(=O)NC2=O)cc1Cl. The van der Waals surface area contributed by atoms with Crippen molar-refractivity contribution in [3.8, 4) is 5.75 Å². The minimum Gasteiger partial charge on any atom is -0.425 e. The van der Waals surface area contributed by atoms with Gasteiger partial charge in [0, 0.05) is 6.42 Å². The number of hydrogen-bond donors (Lipinski definition) is 1. The molecule has 1 aromatic rings. The largest absolute Gasteiger partial charge is 0.425 e. The van der Waals surface area contributed by atoms with E-state index in [-0.39, 0.29) is 5.97 Å². The fourth-order valence-electron chi connectivity index (χ4n) is 3.05. The lowest BCUT2D eigenvalue weighted by molar-refractivity contribution is -0.135. The van der Waals surface area contributed by atoms with Gasteiger partial charge in [0.2, 0.25) is 0 Å². The number of halogens is 1. The fraction of sp³-hybridized carbons (Fsp3) is 0.389. The Morgan fingerprint density at radius 2 is 2.04 bits per heavy atom. The molecule has 132 valence electrons. The molecule has 0 aromatic heterocycles. The first-order valence-corrected chi connectivity index (χ1v) is 9.46. The van der Waals surface area contributed by atoms with E-state index in [1.165, 1.54) is 19.3 Å². The maximum Gasteiger partial charge on any atom is 0.311 e. The first-order valence-electron chi connectivity index (χ1n) is 8.26. The average Bonchev–Trinajstić information content (AvgIpc) is 2.88. The Hall–Kier alpha value is -1.79. The van der Waals surface area contributed by atoms with Crippen LogP contribution in [0.5, 0.6) is 5.75 Å². The van der Waals surface area contributed by atoms with E-state index >= 15 is 0 Å². The zero-order valence-corrected chi connectivity index (χ0v) is 15.1. The van der Waals surface area contributed by atoms with Crippen LogP contribution in [0, 0.1) is 5.92 Å². The van der Waals surface area contributed by atoms with Gasteiger partial charge in [-0.3, -0.25) is 19.7 Å². The quantitative estimate of drug-likeness (QED) is 0.472. The molecule has 7 heteroatoms. The second-order valence-corrected chi connectivity index (χ2v) is 7.65. The molecule has 1 aliphatic carbocycles. The van der Waals surface area contributed by atoms with Gasteiger partial charge in [0.15, 0.2) is 0 Å². The van der Waals surface area contributed by atoms with Crippen molar-refractivity contribution in [1.29, 1.82) is 0 Å². The molecule has 1 saturated carbocycles. The molecule has 0 bridgehead atoms. The fourth-order valence-corrected chi connectivity index (χ4v) is 3.96. The Morgan fingerprint density at radius 1 is 1.28 bits per heavy atom. The summed E-state index contributed by atoms with van der Waals surface area (Å²) in [7, 11) is 0. The molecule has 1 heterocycles. The van der Waals surface area contributed by atoms with Crippen LogP contribution in [-0.4, -0.2) is 17.1 Å². The first kappa shape index (κ1) is 18.0. The summed E-state index contributed by atoms with van der Waals surface area (Å²) in [5.41, 5.74) is 0.657. The number of carbonyl (C=O) groups is 3. The topological polar surface area (TPSA) is 72.5 Å². The predicted molar refractivity (Wildman–Crippen MR) is 97.4 cm³/mol. The third-order valence-corrected chi connectivity index (χ3v) is 5.41. The van der Waals surface area contributed by atoms with Gasteiger partial charge in [0.25, 0.3) is 11.1 Å². The molecule has 2 amide bonds. The summed E-state index contributed by atoms with van der Waals surface area (Å²) in [6.07, 6.45) is 7.75. The number of rotatable bonds is 4. The third kappa shape index (κ3) is 4.86. The van der Waals surface area contributed by atoms with E-state index in [4.69, 9.17) is 16.3 Å². The number of hydrogen-bond acceptors (Lipinski definition) is 5. The minimum atomic E-state index is -0.422. The van der Waals surface area contributed by atoms with Gasteiger partial charge in [-0.1, -0.05) is 36.9 Å². The molecule has 1 aromatic carbocycles. The zero-order chi connectivity index (χ0) is 17.8. The molecular weight excluding hydrogens is 362 g/mol. The smallest absolute Gasteiger partial charge is 0.311 e. The maximum atomic E-state index is 12.1. The van der Waals surface area contributed by atoms with Crippen molar-refractivity contribution >= 4 is 46.6 Å². The van der Waals surface area contributed by atoms with Gasteiger partial charge < -0.3 is 4.74 Å². The van der Waals surface area contributed by atoms with Crippen LogP contribution in [0.3, 0.4) is 0 Å². The van der Waals surface area contributed by atoms with Crippen LogP contribution in [0.2, 0.25) is 5.02 Å². The lowest BCUT2D eigenvalue weighted by Crippen LogP contribution is -2.17. The number of imide groups is 1. The van der Waals surface area contributed by atoms with Crippen molar-refractivity contribution in [2.45, 2.75) is 38.5 Å². The van der Waals surface area contributed by atoms with Gasteiger partial charge in [0.05, 0.1) is 9.93 Å². The molecule has 0 atom stereocenters. The first-order chi connectivity index (χ1) is 12.0. The Bertz CT molecular complexity index is 741. The number of benzene rings is 1. The maximum absolute atomic E-state index is 12.1. The molecule has 2 fully saturated rings. The minimum absolute atomic E-state index is 0.267. The van der Waals surface area contributed by atoms with Crippen LogP contribution in [0.4, 0.5) is 4.79 Å². The summed E-state index contributed by atoms with van der Waals surface area (Å²) in [5.74, 6) is 0.0223. The number of amides is 2. The van der Waals surface area contributed by atoms with E-state index in [2.05, 4.69) is 5.32 Å². The van der Waals surface area contributed by atoms with E-state index in [1.807, 2.05) is 0 Å². The van der Waals surface area contributed by atoms with Crippen LogP contribution < -0.4 is 10.1 Å². The van der Waals surface area contributed by atoms with Crippen molar-refractivity contribution in [2.24, 2.45) is 5.92 Å². The molecular formula is C18H18ClNO4S. The van der Waals surface area contributed by atoms with E-state index in [0.717, 1.165) is 24.6 Å². The number of thioether (sulfide) groups is 1. The zero-order valence-electron chi connectivity index (χ0n) is 13.5. The number of esters is 1. The normalized spacial score (nSPS) is 20.0. The highest BCUT2D eigenvalue weighted by Gasteiger charge is 2.25. The lowest BCUT2D eigenvalue weighted by atomic mass is 9.87. The molecule has 25 heavy (non-hydrogen) atoms. The third-order valence-electron chi connectivity index (χ3n) is 4.30. The van der Waals surface area contributed by atoms with Crippen molar-refractivity contribution < 1.29 is 19.1 Å². The molecule has 1 aliphatic heterocycles. The summed E-state index contributed by atoms with van der Waals surface area (Å²) < 4.78 is 5.38. The van der Waals surface area contributed by atoms with Crippen LogP contribution in [0.1, 0.15) is 44.1 Å². The Morgan fingerprint density at radius 3 is 2.68 bits per heavy atom. The van der Waals surface area contributed by atoms with E-state index in [9.17, 15) is 14.4 Å². The van der Waals surface area contributed by atoms with E-state index in [0.29, 0.717) is 33.6 Å². The second-order valence-electron chi connectivity index (χ2n) is 6.22. The predicted octanol–water partition coefficient (Wildman–Crippen LogP) is 4.54. The van der Waals surface area contributed by atoms with Crippen LogP contribution in [0.25, 0.3) is 6.08 Å². The number of nitrogens with one attached hydrogen (secondary N) is 1. The van der Waals surface area contributed by atoms with Gasteiger partial charge in [-0.2, -0.15) is 0 Å². The Kier molecular flexibility index (Phi) is 5.81. The van der Waals surface area contributed by atoms with Gasteiger partial charge >= 0.3 is 5.97 Å². The summed E-state index contributed by atoms with van der Waals surface area (Å²) in [6, 6.07) is 4.90. The van der Waals surface area contributed by atoms with Gasteiger partial charge in [0.1, 0.15) is 5.75 Å². The highest BCUT2D eigenvalue weighted by Crippen LogP contribution is 2.31. The standard InChI is InChI=1S/C18H18ClNO4S/c19-13-8-12(9-15-17(22)20-18(23)25-15)6-7-14(13)24-16(21)10-11-4-2-1-3-5-11/h6-9,11H,1-5,10H2,(H,20,22,23). The Labute approximate surface area is 155 Å². The highest BCUT2D eigenvalue weighted by atomic mass is 35.5. The molecule has 0 radical (unpaired) electrons. The van der Waals surface area contributed by atoms with Crippen molar-refractivity contribution in [1.82, 2.24) is 5.32 Å².